The number of hydrogen-bond acceptors (Lipinski definition) is 5. The molecule has 2 aromatic rings. The van der Waals surface area contributed by atoms with Gasteiger partial charge in [0.2, 0.25) is 5.91 Å². The number of hydrogen-bond donors (Lipinski definition) is 2. The highest BCUT2D eigenvalue weighted by molar-refractivity contribution is 7.92. The van der Waals surface area contributed by atoms with Gasteiger partial charge in [0.05, 0.1) is 4.90 Å². The molecule has 7 nitrogen and oxygen atoms in total. The highest BCUT2D eigenvalue weighted by Crippen LogP contribution is 2.17. The molecule has 0 radical (unpaired) electrons. The Balaban J connectivity index is 0.00000264. The van der Waals surface area contributed by atoms with Crippen LogP contribution in [0.2, 0.25) is 5.15 Å². The number of carbonyl (C=O) groups excluding carboxylic acids is 1. The van der Waals surface area contributed by atoms with E-state index in [0.29, 0.717) is 12.1 Å². The van der Waals surface area contributed by atoms with Gasteiger partial charge in [0.1, 0.15) is 0 Å². The summed E-state index contributed by atoms with van der Waals surface area (Å²) < 4.78 is 26.6. The van der Waals surface area contributed by atoms with E-state index < -0.39 is 10.0 Å². The topological polar surface area (TPSA) is 101 Å². The molecule has 0 atom stereocenters. The lowest BCUT2D eigenvalue weighted by molar-refractivity contribution is -0.115. The van der Waals surface area contributed by atoms with E-state index in [0.717, 1.165) is 0 Å². The average molecular weight is 377 g/mol. The number of amides is 1. The molecule has 0 saturated carbocycles. The van der Waals surface area contributed by atoms with Crippen LogP contribution in [0.4, 0.5) is 11.5 Å². The van der Waals surface area contributed by atoms with Gasteiger partial charge in [0, 0.05) is 12.1 Å². The molecular weight excluding hydrogens is 363 g/mol. The Morgan fingerprint density at radius 1 is 1.13 bits per heavy atom. The molecule has 2 N–H and O–H groups in total. The molecular formula is C13H14Cl2N4O3S. The summed E-state index contributed by atoms with van der Waals surface area (Å²) in [5, 5.41) is 9.98. The molecule has 0 aliphatic rings. The third-order valence-electron chi connectivity index (χ3n) is 2.64. The Morgan fingerprint density at radius 3 is 2.30 bits per heavy atom. The number of rotatable bonds is 5. The van der Waals surface area contributed by atoms with Gasteiger partial charge < -0.3 is 5.32 Å². The van der Waals surface area contributed by atoms with E-state index >= 15 is 0 Å². The van der Waals surface area contributed by atoms with E-state index in [1.807, 2.05) is 0 Å². The zero-order chi connectivity index (χ0) is 16.2. The van der Waals surface area contributed by atoms with Crippen molar-refractivity contribution in [3.8, 4) is 0 Å². The van der Waals surface area contributed by atoms with Crippen LogP contribution in [0.25, 0.3) is 0 Å². The lowest BCUT2D eigenvalue weighted by Gasteiger charge is -2.08. The second-order valence-electron chi connectivity index (χ2n) is 4.27. The molecule has 23 heavy (non-hydrogen) atoms. The summed E-state index contributed by atoms with van der Waals surface area (Å²) in [6.07, 6.45) is 0.344. The van der Waals surface area contributed by atoms with Crippen LogP contribution in [-0.4, -0.2) is 24.5 Å². The molecule has 0 bridgehead atoms. The summed E-state index contributed by atoms with van der Waals surface area (Å²) >= 11 is 5.59. The average Bonchev–Trinajstić information content (AvgIpc) is 2.50. The SMILES string of the molecule is CCC(=O)Nc1ccc(S(=O)(=O)Nc2ccc(Cl)nn2)cc1.Cl. The third kappa shape index (κ3) is 5.34. The first kappa shape index (κ1) is 19.1. The molecule has 0 spiro atoms. The van der Waals surface area contributed by atoms with Crippen LogP contribution in [0.3, 0.4) is 0 Å². The Bertz CT molecular complexity index is 765. The van der Waals surface area contributed by atoms with Gasteiger partial charge in [-0.15, -0.1) is 22.6 Å². The van der Waals surface area contributed by atoms with E-state index in [9.17, 15) is 13.2 Å². The normalized spacial score (nSPS) is 10.5. The molecule has 1 heterocycles. The van der Waals surface area contributed by atoms with Crippen LogP contribution in [-0.2, 0) is 14.8 Å². The first-order valence-corrected chi connectivity index (χ1v) is 8.19. The smallest absolute Gasteiger partial charge is 0.263 e. The highest BCUT2D eigenvalue weighted by atomic mass is 35.5. The lowest BCUT2D eigenvalue weighted by atomic mass is 10.3. The number of carbonyl (C=O) groups is 1. The van der Waals surface area contributed by atoms with Crippen LogP contribution in [0.1, 0.15) is 13.3 Å². The van der Waals surface area contributed by atoms with Crippen molar-refractivity contribution in [3.63, 3.8) is 0 Å². The van der Waals surface area contributed by atoms with Crippen molar-refractivity contribution in [2.75, 3.05) is 10.0 Å². The minimum Gasteiger partial charge on any atom is -0.326 e. The molecule has 0 fully saturated rings. The van der Waals surface area contributed by atoms with Gasteiger partial charge in [-0.05, 0) is 36.4 Å². The highest BCUT2D eigenvalue weighted by Gasteiger charge is 2.15. The van der Waals surface area contributed by atoms with Crippen LogP contribution in [0.5, 0.6) is 0 Å². The van der Waals surface area contributed by atoms with Gasteiger partial charge in [-0.1, -0.05) is 18.5 Å². The third-order valence-corrected chi connectivity index (χ3v) is 4.21. The Labute approximate surface area is 144 Å². The summed E-state index contributed by atoms with van der Waals surface area (Å²) in [6, 6.07) is 8.62. The standard InChI is InChI=1S/C13H13ClN4O3S.ClH/c1-2-13(19)15-9-3-5-10(6-4-9)22(20,21)18-12-8-7-11(14)16-17-12;/h3-8H,2H2,1H3,(H,15,19)(H,17,18);1H. The Morgan fingerprint density at radius 2 is 1.78 bits per heavy atom. The molecule has 1 amide bonds. The number of nitrogens with zero attached hydrogens (tertiary/aromatic N) is 2. The van der Waals surface area contributed by atoms with Crippen molar-refractivity contribution in [3.05, 3.63) is 41.6 Å². The van der Waals surface area contributed by atoms with Crippen molar-refractivity contribution in [1.29, 1.82) is 0 Å². The number of benzene rings is 1. The van der Waals surface area contributed by atoms with Crippen molar-refractivity contribution < 1.29 is 13.2 Å². The zero-order valence-electron chi connectivity index (χ0n) is 12.0. The Hall–Kier alpha value is -1.90. The van der Waals surface area contributed by atoms with E-state index in [1.54, 1.807) is 6.92 Å². The Kier molecular flexibility index (Phi) is 6.74. The molecule has 10 heteroatoms. The second-order valence-corrected chi connectivity index (χ2v) is 6.34. The maximum Gasteiger partial charge on any atom is 0.263 e. The fourth-order valence-corrected chi connectivity index (χ4v) is 2.63. The number of nitrogens with one attached hydrogen (secondary N) is 2. The number of sulfonamides is 1. The summed E-state index contributed by atoms with van der Waals surface area (Å²) in [6.45, 7) is 1.73. The summed E-state index contributed by atoms with van der Waals surface area (Å²) in [5.41, 5.74) is 0.525. The van der Waals surface area contributed by atoms with Gasteiger partial charge in [0.15, 0.2) is 11.0 Å². The monoisotopic (exact) mass is 376 g/mol. The van der Waals surface area contributed by atoms with Crippen LogP contribution in [0.15, 0.2) is 41.3 Å². The van der Waals surface area contributed by atoms with Gasteiger partial charge >= 0.3 is 0 Å². The summed E-state index contributed by atoms with van der Waals surface area (Å²) in [4.78, 5) is 11.3. The lowest BCUT2D eigenvalue weighted by Crippen LogP contribution is -2.14. The minimum atomic E-state index is -3.79. The molecule has 124 valence electrons. The van der Waals surface area contributed by atoms with Crippen molar-refractivity contribution in [2.45, 2.75) is 18.2 Å². The predicted molar refractivity (Wildman–Crippen MR) is 90.5 cm³/mol. The zero-order valence-corrected chi connectivity index (χ0v) is 14.4. The molecule has 1 aromatic heterocycles. The second kappa shape index (κ2) is 8.09. The first-order valence-electron chi connectivity index (χ1n) is 6.32. The van der Waals surface area contributed by atoms with Crippen molar-refractivity contribution >= 4 is 51.4 Å². The van der Waals surface area contributed by atoms with E-state index in [-0.39, 0.29) is 34.2 Å². The molecule has 0 aliphatic heterocycles. The maximum absolute atomic E-state index is 12.2. The van der Waals surface area contributed by atoms with Crippen LogP contribution < -0.4 is 10.0 Å². The van der Waals surface area contributed by atoms with Crippen LogP contribution in [0, 0.1) is 0 Å². The van der Waals surface area contributed by atoms with E-state index in [4.69, 9.17) is 11.6 Å². The quantitative estimate of drug-likeness (QED) is 0.834. The molecule has 2 rings (SSSR count). The maximum atomic E-state index is 12.2. The molecule has 0 saturated heterocycles. The molecule has 1 aromatic carbocycles. The van der Waals surface area contributed by atoms with Crippen molar-refractivity contribution in [2.24, 2.45) is 0 Å². The number of aromatic nitrogens is 2. The van der Waals surface area contributed by atoms with Gasteiger partial charge in [-0.25, -0.2) is 8.42 Å². The summed E-state index contributed by atoms with van der Waals surface area (Å²) in [5.74, 6) is -0.0852. The van der Waals surface area contributed by atoms with Gasteiger partial charge in [-0.3, -0.25) is 9.52 Å². The summed E-state index contributed by atoms with van der Waals surface area (Å²) in [7, 11) is -3.79. The minimum absolute atomic E-state index is 0. The fraction of sp³-hybridized carbons (Fsp3) is 0.154. The fourth-order valence-electron chi connectivity index (χ4n) is 1.53. The van der Waals surface area contributed by atoms with Gasteiger partial charge in [-0.2, -0.15) is 0 Å². The van der Waals surface area contributed by atoms with Gasteiger partial charge in [0.25, 0.3) is 10.0 Å². The van der Waals surface area contributed by atoms with Crippen molar-refractivity contribution in [1.82, 2.24) is 10.2 Å². The largest absolute Gasteiger partial charge is 0.326 e. The first-order chi connectivity index (χ1) is 10.4. The molecule has 0 unspecified atom stereocenters. The predicted octanol–water partition coefficient (Wildman–Crippen LogP) is 2.70. The number of halogens is 2. The van der Waals surface area contributed by atoms with Crippen LogP contribution >= 0.6 is 24.0 Å². The van der Waals surface area contributed by atoms with E-state index in [2.05, 4.69) is 20.2 Å². The number of anilines is 2. The van der Waals surface area contributed by atoms with E-state index in [1.165, 1.54) is 36.4 Å². The molecule has 0 aliphatic carbocycles.